The Labute approximate surface area is 232 Å². The van der Waals surface area contributed by atoms with E-state index in [1.807, 2.05) is 0 Å². The zero-order valence-electron chi connectivity index (χ0n) is 20.2. The maximum Gasteiger partial charge on any atom is 0.352 e. The van der Waals surface area contributed by atoms with Crippen LogP contribution in [-0.4, -0.2) is 86.2 Å². The third-order valence-electron chi connectivity index (χ3n) is 5.48. The molecule has 1 saturated heterocycles. The number of rotatable bonds is 13. The first kappa shape index (κ1) is 28.2. The van der Waals surface area contributed by atoms with Gasteiger partial charge in [0, 0.05) is 22.8 Å². The van der Waals surface area contributed by atoms with Crippen LogP contribution in [0.5, 0.6) is 0 Å². The lowest BCUT2D eigenvalue weighted by atomic mass is 10.0. The smallest absolute Gasteiger partial charge is 0.352 e. The summed E-state index contributed by atoms with van der Waals surface area (Å²) in [7, 11) is 0. The molecular formula is C22H20N7O9S2+. The van der Waals surface area contributed by atoms with Gasteiger partial charge in [0.1, 0.15) is 28.5 Å². The number of carbonyl (C=O) groups is 6. The number of aliphatic carboxylic acids is 2. The lowest BCUT2D eigenvalue weighted by Crippen LogP contribution is -2.71. The van der Waals surface area contributed by atoms with Gasteiger partial charge < -0.3 is 31.0 Å². The van der Waals surface area contributed by atoms with Gasteiger partial charge in [0.15, 0.2) is 29.8 Å². The molecule has 0 aliphatic carbocycles. The minimum absolute atomic E-state index is 0.0473. The quantitative estimate of drug-likeness (QED) is 0.0614. The topological polar surface area (TPSA) is 221 Å². The maximum absolute atomic E-state index is 13.1. The number of thiazole rings is 1. The Morgan fingerprint density at radius 3 is 2.73 bits per heavy atom. The number of nitrogens with one attached hydrogen (secondary N) is 3. The van der Waals surface area contributed by atoms with Crippen molar-refractivity contribution in [3.8, 4) is 0 Å². The molecule has 4 rings (SSSR count). The second-order valence-corrected chi connectivity index (χ2v) is 10.0. The van der Waals surface area contributed by atoms with Crippen molar-refractivity contribution in [3.05, 3.63) is 46.9 Å². The molecule has 2 aliphatic rings. The molecule has 40 heavy (non-hydrogen) atoms. The number of β-lactam (4-membered cyclic amide) rings is 1. The minimum Gasteiger partial charge on any atom is -0.479 e. The van der Waals surface area contributed by atoms with E-state index in [1.165, 1.54) is 17.1 Å². The fourth-order valence-electron chi connectivity index (χ4n) is 3.86. The predicted octanol–water partition coefficient (Wildman–Crippen LogP) is -1.19. The van der Waals surface area contributed by atoms with Crippen molar-refractivity contribution in [2.75, 3.05) is 23.0 Å². The summed E-state index contributed by atoms with van der Waals surface area (Å²) in [5, 5.41) is 30.4. The SMILES string of the molecule is O=CNc1ccc[n+](CC2=C(C(=O)O)N3C(=O)C(NC(=O)/C(=N\OCC(=O)O)c4csc(NC=O)n4)[C@H]3SC2)c1. The zero-order valence-corrected chi connectivity index (χ0v) is 21.8. The molecule has 2 atom stereocenters. The first-order valence-corrected chi connectivity index (χ1v) is 13.1. The van der Waals surface area contributed by atoms with E-state index < -0.39 is 47.5 Å². The van der Waals surface area contributed by atoms with Gasteiger partial charge in [-0.25, -0.2) is 14.6 Å². The molecule has 1 fully saturated rings. The summed E-state index contributed by atoms with van der Waals surface area (Å²) in [6.45, 7) is -0.716. The lowest BCUT2D eigenvalue weighted by molar-refractivity contribution is -0.688. The van der Waals surface area contributed by atoms with E-state index in [1.54, 1.807) is 29.1 Å². The number of fused-ring (bicyclic) bond motifs is 1. The van der Waals surface area contributed by atoms with Gasteiger partial charge in [0.25, 0.3) is 11.8 Å². The first-order valence-electron chi connectivity index (χ1n) is 11.2. The van der Waals surface area contributed by atoms with Crippen LogP contribution >= 0.6 is 23.1 Å². The Hall–Kier alpha value is -4.84. The Morgan fingerprint density at radius 1 is 1.25 bits per heavy atom. The number of oxime groups is 1. The molecule has 208 valence electrons. The monoisotopic (exact) mass is 590 g/mol. The number of nitrogens with zero attached hydrogens (tertiary/aromatic N) is 4. The molecule has 2 aliphatic heterocycles. The van der Waals surface area contributed by atoms with Crippen molar-refractivity contribution >= 4 is 76.2 Å². The van der Waals surface area contributed by atoms with E-state index in [9.17, 15) is 33.9 Å². The van der Waals surface area contributed by atoms with Gasteiger partial charge in [-0.2, -0.15) is 4.57 Å². The number of carbonyl (C=O) groups excluding carboxylic acids is 4. The van der Waals surface area contributed by atoms with Crippen molar-refractivity contribution in [1.29, 1.82) is 0 Å². The number of carboxylic acids is 2. The van der Waals surface area contributed by atoms with Crippen LogP contribution in [0.1, 0.15) is 5.69 Å². The number of anilines is 2. The molecule has 0 spiro atoms. The average molecular weight is 591 g/mol. The lowest BCUT2D eigenvalue weighted by Gasteiger charge is -2.49. The number of carboxylic acid groups (broad SMARTS) is 2. The van der Waals surface area contributed by atoms with Crippen LogP contribution in [0.3, 0.4) is 0 Å². The Morgan fingerprint density at radius 2 is 2.02 bits per heavy atom. The van der Waals surface area contributed by atoms with Gasteiger partial charge in [-0.05, 0) is 6.07 Å². The highest BCUT2D eigenvalue weighted by Crippen LogP contribution is 2.40. The van der Waals surface area contributed by atoms with E-state index in [0.717, 1.165) is 16.2 Å². The van der Waals surface area contributed by atoms with E-state index in [2.05, 4.69) is 26.1 Å². The average Bonchev–Trinajstić information content (AvgIpc) is 3.37. The molecule has 1 unspecified atom stereocenters. The molecule has 18 heteroatoms. The summed E-state index contributed by atoms with van der Waals surface area (Å²) in [5.41, 5.74) is 0.246. The first-order chi connectivity index (χ1) is 19.2. The number of pyridine rings is 1. The number of hydrogen-bond donors (Lipinski definition) is 5. The van der Waals surface area contributed by atoms with E-state index >= 15 is 0 Å². The normalized spacial score (nSPS) is 18.2. The number of aromatic nitrogens is 2. The van der Waals surface area contributed by atoms with Gasteiger partial charge in [-0.15, -0.1) is 23.1 Å². The van der Waals surface area contributed by atoms with Crippen LogP contribution in [0.4, 0.5) is 10.8 Å². The van der Waals surface area contributed by atoms with Gasteiger partial charge in [-0.3, -0.25) is 24.1 Å². The number of hydrogen-bond acceptors (Lipinski definition) is 11. The Bertz CT molecular complexity index is 1440. The molecule has 4 amide bonds. The van der Waals surface area contributed by atoms with Crippen molar-refractivity contribution in [1.82, 2.24) is 15.2 Å². The van der Waals surface area contributed by atoms with Crippen LogP contribution in [0.15, 0.2) is 46.3 Å². The van der Waals surface area contributed by atoms with Crippen molar-refractivity contribution in [3.63, 3.8) is 0 Å². The molecule has 0 aromatic carbocycles. The summed E-state index contributed by atoms with van der Waals surface area (Å²) in [5.74, 6) is -4.02. The summed E-state index contributed by atoms with van der Waals surface area (Å²) in [6.07, 6.45) is 4.18. The van der Waals surface area contributed by atoms with Crippen LogP contribution in [0, 0.1) is 0 Å². The summed E-state index contributed by atoms with van der Waals surface area (Å²) in [4.78, 5) is 80.4. The van der Waals surface area contributed by atoms with Crippen molar-refractivity contribution in [2.45, 2.75) is 18.0 Å². The zero-order chi connectivity index (χ0) is 28.8. The molecular weight excluding hydrogens is 570 g/mol. The molecule has 2 aromatic heterocycles. The third-order valence-corrected chi connectivity index (χ3v) is 7.59. The van der Waals surface area contributed by atoms with Crippen molar-refractivity contribution in [2.24, 2.45) is 5.16 Å². The maximum atomic E-state index is 13.1. The van der Waals surface area contributed by atoms with Gasteiger partial charge in [0.2, 0.25) is 19.4 Å². The Balaban J connectivity index is 1.53. The summed E-state index contributed by atoms with van der Waals surface area (Å²) >= 11 is 2.21. The van der Waals surface area contributed by atoms with Crippen LogP contribution in [-0.2, 0) is 40.1 Å². The summed E-state index contributed by atoms with van der Waals surface area (Å²) < 4.78 is 1.66. The predicted molar refractivity (Wildman–Crippen MR) is 138 cm³/mol. The van der Waals surface area contributed by atoms with Crippen LogP contribution < -0.4 is 20.5 Å². The summed E-state index contributed by atoms with van der Waals surface area (Å²) in [6, 6.07) is 2.22. The van der Waals surface area contributed by atoms with E-state index in [-0.39, 0.29) is 28.8 Å². The molecule has 0 bridgehead atoms. The highest BCUT2D eigenvalue weighted by Gasteiger charge is 2.54. The van der Waals surface area contributed by atoms with Crippen molar-refractivity contribution < 1.29 is 48.4 Å². The molecule has 2 aromatic rings. The van der Waals surface area contributed by atoms with E-state index in [4.69, 9.17) is 9.94 Å². The van der Waals surface area contributed by atoms with Crippen LogP contribution in [0.25, 0.3) is 0 Å². The molecule has 5 N–H and O–H groups in total. The highest BCUT2D eigenvalue weighted by molar-refractivity contribution is 8.00. The third kappa shape index (κ3) is 6.07. The Kier molecular flexibility index (Phi) is 8.70. The standard InChI is InChI=1S/C22H19N7O9S2/c30-9-23-12-2-1-3-28(5-12)4-11-7-39-20-16(19(35)29(20)17(11)21(36)37)26-18(34)15(27-38-6-14(32)33)13-8-40-22(25-13)24-10-31/h1-3,5,8-10,16,20H,4,6-7H2,(H4-,23,24,25,26,30,31,32,33,34,36,37)/p+1/b27-15-/t16?,20-/m1/s1. The minimum atomic E-state index is -1.35. The second kappa shape index (κ2) is 12.3. The van der Waals surface area contributed by atoms with Gasteiger partial charge in [0.05, 0.1) is 0 Å². The number of thioether (sulfide) groups is 1. The molecule has 0 radical (unpaired) electrons. The number of amides is 4. The van der Waals surface area contributed by atoms with Gasteiger partial charge in [-0.1, -0.05) is 5.16 Å². The van der Waals surface area contributed by atoms with Crippen LogP contribution in [0.2, 0.25) is 0 Å². The fraction of sp³-hybridized carbons (Fsp3) is 0.227. The highest BCUT2D eigenvalue weighted by atomic mass is 32.2. The molecule has 0 saturated carbocycles. The largest absolute Gasteiger partial charge is 0.479 e. The molecule has 16 nitrogen and oxygen atoms in total. The van der Waals surface area contributed by atoms with Gasteiger partial charge >= 0.3 is 11.9 Å². The molecule has 4 heterocycles. The van der Waals surface area contributed by atoms with E-state index in [0.29, 0.717) is 24.1 Å². The second-order valence-electron chi connectivity index (χ2n) is 8.05. The fourth-order valence-corrected chi connectivity index (χ4v) is 5.85.